The van der Waals surface area contributed by atoms with Crippen LogP contribution in [0, 0.1) is 6.92 Å². The third kappa shape index (κ3) is 4.94. The molecule has 0 radical (unpaired) electrons. The molecule has 1 atom stereocenters. The summed E-state index contributed by atoms with van der Waals surface area (Å²) < 4.78 is 5.22. The predicted molar refractivity (Wildman–Crippen MR) is 122 cm³/mol. The lowest BCUT2D eigenvalue weighted by Crippen LogP contribution is -2.39. The molecule has 3 N–H and O–H groups in total. The molecule has 1 amide bonds. The fourth-order valence-electron chi connectivity index (χ4n) is 3.93. The average Bonchev–Trinajstić information content (AvgIpc) is 2.79. The summed E-state index contributed by atoms with van der Waals surface area (Å²) in [7, 11) is 1.66. The molecule has 31 heavy (non-hydrogen) atoms. The first-order valence-corrected chi connectivity index (χ1v) is 10.4. The van der Waals surface area contributed by atoms with Gasteiger partial charge in [0.15, 0.2) is 0 Å². The van der Waals surface area contributed by atoms with E-state index in [1.807, 2.05) is 42.2 Å². The van der Waals surface area contributed by atoms with E-state index in [9.17, 15) is 4.79 Å². The fourth-order valence-corrected chi connectivity index (χ4v) is 3.93. The molecule has 7 heteroatoms. The summed E-state index contributed by atoms with van der Waals surface area (Å²) in [6.45, 7) is 3.37. The number of rotatable bonds is 5. The van der Waals surface area contributed by atoms with Crippen LogP contribution >= 0.6 is 0 Å². The molecule has 3 aromatic rings. The number of anilines is 3. The Morgan fingerprint density at radius 3 is 2.68 bits per heavy atom. The highest BCUT2D eigenvalue weighted by atomic mass is 16.5. The van der Waals surface area contributed by atoms with Gasteiger partial charge in [-0.1, -0.05) is 0 Å². The molecule has 0 spiro atoms. The van der Waals surface area contributed by atoms with E-state index in [4.69, 9.17) is 15.5 Å². The van der Waals surface area contributed by atoms with Gasteiger partial charge in [0.1, 0.15) is 11.6 Å². The van der Waals surface area contributed by atoms with Crippen LogP contribution < -0.4 is 15.8 Å². The van der Waals surface area contributed by atoms with Gasteiger partial charge in [-0.3, -0.25) is 9.78 Å². The molecule has 1 aliphatic heterocycles. The lowest BCUT2D eigenvalue weighted by Gasteiger charge is -2.33. The Hall–Kier alpha value is -3.61. The number of aromatic nitrogens is 2. The molecule has 1 fully saturated rings. The van der Waals surface area contributed by atoms with Gasteiger partial charge in [-0.2, -0.15) is 0 Å². The van der Waals surface area contributed by atoms with E-state index in [0.717, 1.165) is 47.9 Å². The summed E-state index contributed by atoms with van der Waals surface area (Å²) in [5.41, 5.74) is 10.1. The summed E-state index contributed by atoms with van der Waals surface area (Å²) in [6.07, 6.45) is 3.49. The maximum Gasteiger partial charge on any atom is 0.255 e. The van der Waals surface area contributed by atoms with E-state index < -0.39 is 0 Å². The van der Waals surface area contributed by atoms with E-state index in [1.54, 1.807) is 25.4 Å². The zero-order valence-corrected chi connectivity index (χ0v) is 17.8. The SMILES string of the molecule is COc1ccc(Nc2cc(C)nc([C@H]3CCCN(C(=O)c4ccc(N)nc4)C3)c2)cc1. The first-order valence-electron chi connectivity index (χ1n) is 10.4. The highest BCUT2D eigenvalue weighted by molar-refractivity contribution is 5.94. The van der Waals surface area contributed by atoms with Crippen molar-refractivity contribution in [1.29, 1.82) is 0 Å². The van der Waals surface area contributed by atoms with Crippen molar-refractivity contribution in [2.75, 3.05) is 31.2 Å². The first-order chi connectivity index (χ1) is 15.0. The Bertz CT molecular complexity index is 1050. The van der Waals surface area contributed by atoms with Crippen molar-refractivity contribution in [3.8, 4) is 5.75 Å². The van der Waals surface area contributed by atoms with Crippen LogP contribution in [0.3, 0.4) is 0 Å². The van der Waals surface area contributed by atoms with Gasteiger partial charge in [0.25, 0.3) is 5.91 Å². The van der Waals surface area contributed by atoms with Crippen molar-refractivity contribution in [1.82, 2.24) is 14.9 Å². The fraction of sp³-hybridized carbons (Fsp3) is 0.292. The maximum absolute atomic E-state index is 12.9. The van der Waals surface area contributed by atoms with E-state index in [1.165, 1.54) is 0 Å². The topological polar surface area (TPSA) is 93.4 Å². The molecular formula is C24H27N5O2. The molecule has 1 saturated heterocycles. The minimum atomic E-state index is -0.0126. The maximum atomic E-state index is 12.9. The van der Waals surface area contributed by atoms with Crippen LogP contribution in [0.4, 0.5) is 17.2 Å². The van der Waals surface area contributed by atoms with Crippen LogP contribution in [0.5, 0.6) is 5.75 Å². The van der Waals surface area contributed by atoms with Crippen LogP contribution in [0.25, 0.3) is 0 Å². The Balaban J connectivity index is 1.50. The molecule has 0 bridgehead atoms. The summed E-state index contributed by atoms with van der Waals surface area (Å²) >= 11 is 0. The molecular weight excluding hydrogens is 390 g/mol. The number of methoxy groups -OCH3 is 1. The molecule has 1 aliphatic rings. The minimum Gasteiger partial charge on any atom is -0.497 e. The zero-order valence-electron chi connectivity index (χ0n) is 17.8. The number of amides is 1. The lowest BCUT2D eigenvalue weighted by molar-refractivity contribution is 0.0705. The van der Waals surface area contributed by atoms with Crippen molar-refractivity contribution >= 4 is 23.1 Å². The Morgan fingerprint density at radius 1 is 1.16 bits per heavy atom. The van der Waals surface area contributed by atoms with Gasteiger partial charge >= 0.3 is 0 Å². The van der Waals surface area contributed by atoms with E-state index >= 15 is 0 Å². The monoisotopic (exact) mass is 417 g/mol. The Morgan fingerprint density at radius 2 is 1.97 bits per heavy atom. The molecule has 7 nitrogen and oxygen atoms in total. The van der Waals surface area contributed by atoms with Crippen molar-refractivity contribution in [3.63, 3.8) is 0 Å². The van der Waals surface area contributed by atoms with Gasteiger partial charge < -0.3 is 20.7 Å². The summed E-state index contributed by atoms with van der Waals surface area (Å²) in [4.78, 5) is 23.6. The Labute approximate surface area is 182 Å². The number of hydrogen-bond donors (Lipinski definition) is 2. The van der Waals surface area contributed by atoms with Crippen molar-refractivity contribution < 1.29 is 9.53 Å². The van der Waals surface area contributed by atoms with Crippen molar-refractivity contribution in [2.24, 2.45) is 0 Å². The average molecular weight is 418 g/mol. The van der Waals surface area contributed by atoms with Crippen LogP contribution in [-0.2, 0) is 0 Å². The molecule has 1 aromatic carbocycles. The molecule has 0 saturated carbocycles. The van der Waals surface area contributed by atoms with Gasteiger partial charge in [-0.05, 0) is 68.3 Å². The second-order valence-electron chi connectivity index (χ2n) is 7.84. The number of aryl methyl sites for hydroxylation is 1. The highest BCUT2D eigenvalue weighted by Crippen LogP contribution is 2.30. The van der Waals surface area contributed by atoms with Crippen LogP contribution in [0.2, 0.25) is 0 Å². The third-order valence-corrected chi connectivity index (χ3v) is 5.51. The van der Waals surface area contributed by atoms with Crippen LogP contribution in [0.1, 0.15) is 40.5 Å². The standard InChI is InChI=1S/C24H27N5O2/c1-16-12-20(28-19-6-8-21(31-2)9-7-19)13-22(27-16)18-4-3-11-29(15-18)24(30)17-5-10-23(25)26-14-17/h5-10,12-14,18H,3-4,11,15H2,1-2H3,(H2,25,26)(H,27,28)/t18-/m0/s1. The number of nitrogen functional groups attached to an aromatic ring is 1. The molecule has 0 unspecified atom stereocenters. The lowest BCUT2D eigenvalue weighted by atomic mass is 9.93. The van der Waals surface area contributed by atoms with E-state index in [0.29, 0.717) is 17.9 Å². The number of nitrogens with two attached hydrogens (primary N) is 1. The number of hydrogen-bond acceptors (Lipinski definition) is 6. The summed E-state index contributed by atoms with van der Waals surface area (Å²) in [6, 6.07) is 15.3. The van der Waals surface area contributed by atoms with Crippen molar-refractivity contribution in [3.05, 3.63) is 71.7 Å². The quantitative estimate of drug-likeness (QED) is 0.648. The number of pyridine rings is 2. The van der Waals surface area contributed by atoms with Gasteiger partial charge in [0.2, 0.25) is 0 Å². The van der Waals surface area contributed by atoms with Crippen LogP contribution in [-0.4, -0.2) is 41.0 Å². The molecule has 160 valence electrons. The summed E-state index contributed by atoms with van der Waals surface area (Å²) in [5.74, 6) is 1.41. The second kappa shape index (κ2) is 9.04. The number of nitrogens with zero attached hydrogens (tertiary/aromatic N) is 3. The number of carbonyl (C=O) groups excluding carboxylic acids is 1. The smallest absolute Gasteiger partial charge is 0.255 e. The first kappa shape index (κ1) is 20.7. The molecule has 2 aromatic heterocycles. The minimum absolute atomic E-state index is 0.0126. The normalized spacial score (nSPS) is 16.1. The van der Waals surface area contributed by atoms with Crippen LogP contribution in [0.15, 0.2) is 54.7 Å². The number of ether oxygens (including phenoxy) is 1. The zero-order chi connectivity index (χ0) is 21.8. The second-order valence-corrected chi connectivity index (χ2v) is 7.84. The number of nitrogens with one attached hydrogen (secondary N) is 1. The molecule has 0 aliphatic carbocycles. The van der Waals surface area contributed by atoms with Gasteiger partial charge in [-0.25, -0.2) is 4.98 Å². The van der Waals surface area contributed by atoms with E-state index in [-0.39, 0.29) is 11.8 Å². The Kier molecular flexibility index (Phi) is 6.02. The summed E-state index contributed by atoms with van der Waals surface area (Å²) in [5, 5.41) is 3.44. The van der Waals surface area contributed by atoms with E-state index in [2.05, 4.69) is 16.4 Å². The van der Waals surface area contributed by atoms with Gasteiger partial charge in [-0.15, -0.1) is 0 Å². The number of carbonyl (C=O) groups is 1. The third-order valence-electron chi connectivity index (χ3n) is 5.51. The molecule has 4 rings (SSSR count). The largest absolute Gasteiger partial charge is 0.497 e. The van der Waals surface area contributed by atoms with Gasteiger partial charge in [0.05, 0.1) is 12.7 Å². The number of likely N-dealkylation sites (tertiary alicyclic amines) is 1. The molecule has 3 heterocycles. The van der Waals surface area contributed by atoms with Gasteiger partial charge in [0, 0.05) is 48.0 Å². The predicted octanol–water partition coefficient (Wildman–Crippen LogP) is 4.14. The number of benzene rings is 1. The number of piperidine rings is 1. The highest BCUT2D eigenvalue weighted by Gasteiger charge is 2.27. The van der Waals surface area contributed by atoms with Crippen molar-refractivity contribution in [2.45, 2.75) is 25.7 Å².